The highest BCUT2D eigenvalue weighted by atomic mass is 35.5. The van der Waals surface area contributed by atoms with Crippen LogP contribution in [0.5, 0.6) is 5.75 Å². The maximum absolute atomic E-state index is 13.2. The zero-order chi connectivity index (χ0) is 22.8. The molecule has 4 aromatic rings. The molecular formula is C24H16Cl3NO4. The van der Waals surface area contributed by atoms with Crippen LogP contribution in [0.3, 0.4) is 0 Å². The summed E-state index contributed by atoms with van der Waals surface area (Å²) in [7, 11) is 0. The fourth-order valence-corrected chi connectivity index (χ4v) is 3.89. The second-order valence-corrected chi connectivity index (χ2v) is 8.22. The van der Waals surface area contributed by atoms with Crippen molar-refractivity contribution in [2.75, 3.05) is 11.9 Å². The minimum Gasteiger partial charge on any atom is -0.476 e. The molecule has 1 N–H and O–H groups in total. The van der Waals surface area contributed by atoms with Crippen LogP contribution >= 0.6 is 34.8 Å². The van der Waals surface area contributed by atoms with E-state index in [2.05, 4.69) is 5.32 Å². The zero-order valence-corrected chi connectivity index (χ0v) is 19.0. The van der Waals surface area contributed by atoms with Crippen LogP contribution in [-0.4, -0.2) is 12.5 Å². The monoisotopic (exact) mass is 487 g/mol. The topological polar surface area (TPSA) is 68.5 Å². The van der Waals surface area contributed by atoms with Gasteiger partial charge in [0, 0.05) is 21.3 Å². The maximum atomic E-state index is 13.2. The molecule has 5 nitrogen and oxygen atoms in total. The third-order valence-electron chi connectivity index (χ3n) is 4.79. The Bertz CT molecular complexity index is 1380. The predicted octanol–water partition coefficient (Wildman–Crippen LogP) is 6.75. The molecule has 0 saturated heterocycles. The lowest BCUT2D eigenvalue weighted by Crippen LogP contribution is -2.23. The van der Waals surface area contributed by atoms with E-state index >= 15 is 0 Å². The van der Waals surface area contributed by atoms with Gasteiger partial charge in [0.05, 0.1) is 10.4 Å². The van der Waals surface area contributed by atoms with E-state index in [1.54, 1.807) is 49.4 Å². The van der Waals surface area contributed by atoms with Gasteiger partial charge >= 0.3 is 0 Å². The minimum absolute atomic E-state index is 0.111. The summed E-state index contributed by atoms with van der Waals surface area (Å²) in [5, 5.41) is 3.89. The Balaban J connectivity index is 1.72. The van der Waals surface area contributed by atoms with E-state index in [0.29, 0.717) is 16.3 Å². The largest absolute Gasteiger partial charge is 0.476 e. The molecule has 0 atom stereocenters. The number of carbonyl (C=O) groups is 1. The Hall–Kier alpha value is -2.99. The van der Waals surface area contributed by atoms with Crippen molar-refractivity contribution >= 4 is 57.4 Å². The quantitative estimate of drug-likeness (QED) is 0.337. The average Bonchev–Trinajstić information content (AvgIpc) is 2.77. The van der Waals surface area contributed by atoms with Gasteiger partial charge in [-0.15, -0.1) is 0 Å². The molecule has 162 valence electrons. The fraction of sp³-hybridized carbons (Fsp3) is 0.0833. The third kappa shape index (κ3) is 4.46. The molecule has 8 heteroatoms. The molecular weight excluding hydrogens is 473 g/mol. The Morgan fingerprint density at radius 2 is 1.75 bits per heavy atom. The number of benzene rings is 3. The smallest absolute Gasteiger partial charge is 0.262 e. The summed E-state index contributed by atoms with van der Waals surface area (Å²) in [6.07, 6.45) is 0. The first-order chi connectivity index (χ1) is 15.3. The lowest BCUT2D eigenvalue weighted by atomic mass is 10.1. The number of anilines is 1. The summed E-state index contributed by atoms with van der Waals surface area (Å²) in [4.78, 5) is 25.8. The van der Waals surface area contributed by atoms with Gasteiger partial charge in [-0.2, -0.15) is 0 Å². The second kappa shape index (κ2) is 9.25. The zero-order valence-electron chi connectivity index (χ0n) is 16.7. The number of hydrogen-bond acceptors (Lipinski definition) is 4. The van der Waals surface area contributed by atoms with Crippen molar-refractivity contribution in [1.82, 2.24) is 0 Å². The van der Waals surface area contributed by atoms with Crippen molar-refractivity contribution in [3.63, 3.8) is 0 Å². The van der Waals surface area contributed by atoms with Crippen LogP contribution in [0.15, 0.2) is 69.9 Å². The van der Waals surface area contributed by atoms with Gasteiger partial charge in [0.1, 0.15) is 0 Å². The molecule has 32 heavy (non-hydrogen) atoms. The molecule has 3 aromatic carbocycles. The molecule has 0 radical (unpaired) electrons. The second-order valence-electron chi connectivity index (χ2n) is 6.97. The Kier molecular flexibility index (Phi) is 6.42. The number of halogens is 3. The number of nitrogens with one attached hydrogen (secondary N) is 1. The van der Waals surface area contributed by atoms with Crippen molar-refractivity contribution in [3.05, 3.63) is 91.5 Å². The van der Waals surface area contributed by atoms with E-state index < -0.39 is 17.9 Å². The standard InChI is InChI=1S/C24H16Cl3NO4/c1-13-17(26)8-5-9-19(13)28-20(29)12-31-24-21(30)16-10-15(25)11-18(27)23(16)32-22(24)14-6-3-2-4-7-14/h2-11H,12H2,1H3,(H,28,29). The highest BCUT2D eigenvalue weighted by molar-refractivity contribution is 6.38. The summed E-state index contributed by atoms with van der Waals surface area (Å²) in [5.41, 5.74) is 1.58. The van der Waals surface area contributed by atoms with Crippen molar-refractivity contribution in [2.24, 2.45) is 0 Å². The minimum atomic E-state index is -0.485. The predicted molar refractivity (Wildman–Crippen MR) is 128 cm³/mol. The fourth-order valence-electron chi connectivity index (χ4n) is 3.18. The Morgan fingerprint density at radius 1 is 1.00 bits per heavy atom. The summed E-state index contributed by atoms with van der Waals surface area (Å²) in [5.74, 6) is -0.406. The highest BCUT2D eigenvalue weighted by Crippen LogP contribution is 2.35. The molecule has 0 spiro atoms. The van der Waals surface area contributed by atoms with E-state index in [1.165, 1.54) is 12.1 Å². The van der Waals surface area contributed by atoms with E-state index in [9.17, 15) is 9.59 Å². The van der Waals surface area contributed by atoms with Gasteiger partial charge in [-0.25, -0.2) is 0 Å². The number of hydrogen-bond donors (Lipinski definition) is 1. The van der Waals surface area contributed by atoms with Crippen molar-refractivity contribution in [3.8, 4) is 17.1 Å². The molecule has 1 aromatic heterocycles. The lowest BCUT2D eigenvalue weighted by molar-refractivity contribution is -0.118. The summed E-state index contributed by atoms with van der Waals surface area (Å²) >= 11 is 18.4. The first-order valence-electron chi connectivity index (χ1n) is 9.54. The SMILES string of the molecule is Cc1c(Cl)cccc1NC(=O)COc1c(-c2ccccc2)oc2c(Cl)cc(Cl)cc2c1=O. The van der Waals surface area contributed by atoms with Gasteiger partial charge in [0.25, 0.3) is 5.91 Å². The number of amides is 1. The lowest BCUT2D eigenvalue weighted by Gasteiger charge is -2.13. The van der Waals surface area contributed by atoms with E-state index in [0.717, 1.165) is 5.56 Å². The van der Waals surface area contributed by atoms with E-state index in [-0.39, 0.29) is 32.5 Å². The van der Waals surface area contributed by atoms with Crippen LogP contribution in [0.25, 0.3) is 22.3 Å². The van der Waals surface area contributed by atoms with E-state index in [4.69, 9.17) is 44.0 Å². The highest BCUT2D eigenvalue weighted by Gasteiger charge is 2.21. The molecule has 0 aliphatic rings. The number of carbonyl (C=O) groups excluding carboxylic acids is 1. The van der Waals surface area contributed by atoms with Crippen molar-refractivity contribution in [1.29, 1.82) is 0 Å². The third-order valence-corrected chi connectivity index (χ3v) is 5.70. The number of rotatable bonds is 5. The number of fused-ring (bicyclic) bond motifs is 1. The number of ether oxygens (including phenoxy) is 1. The van der Waals surface area contributed by atoms with Crippen LogP contribution in [0, 0.1) is 6.92 Å². The Morgan fingerprint density at radius 3 is 2.50 bits per heavy atom. The summed E-state index contributed by atoms with van der Waals surface area (Å²) in [6, 6.07) is 17.1. The molecule has 0 fully saturated rings. The first-order valence-corrected chi connectivity index (χ1v) is 10.7. The maximum Gasteiger partial charge on any atom is 0.262 e. The average molecular weight is 489 g/mol. The molecule has 0 aliphatic heterocycles. The molecule has 4 rings (SSSR count). The van der Waals surface area contributed by atoms with Crippen molar-refractivity contribution < 1.29 is 13.9 Å². The van der Waals surface area contributed by atoms with E-state index in [1.807, 2.05) is 6.07 Å². The Labute approximate surface area is 198 Å². The van der Waals surface area contributed by atoms with Crippen LogP contribution in [0.1, 0.15) is 5.56 Å². The molecule has 1 amide bonds. The van der Waals surface area contributed by atoms with Gasteiger partial charge < -0.3 is 14.5 Å². The first kappa shape index (κ1) is 22.2. The molecule has 1 heterocycles. The van der Waals surface area contributed by atoms with Crippen molar-refractivity contribution in [2.45, 2.75) is 6.92 Å². The normalized spacial score (nSPS) is 10.9. The molecule has 0 saturated carbocycles. The van der Waals surface area contributed by atoms with Gasteiger partial charge in [0.15, 0.2) is 18.0 Å². The van der Waals surface area contributed by atoms with Crippen LogP contribution in [0.2, 0.25) is 15.1 Å². The molecule has 0 unspecified atom stereocenters. The van der Waals surface area contributed by atoms with Crippen LogP contribution in [0.4, 0.5) is 5.69 Å². The van der Waals surface area contributed by atoms with Gasteiger partial charge in [0.2, 0.25) is 11.2 Å². The van der Waals surface area contributed by atoms with Crippen LogP contribution < -0.4 is 15.5 Å². The molecule has 0 bridgehead atoms. The molecule has 0 aliphatic carbocycles. The van der Waals surface area contributed by atoms with Crippen LogP contribution in [-0.2, 0) is 4.79 Å². The van der Waals surface area contributed by atoms with Gasteiger partial charge in [-0.1, -0.05) is 71.2 Å². The summed E-state index contributed by atoms with van der Waals surface area (Å²) in [6.45, 7) is 1.37. The van der Waals surface area contributed by atoms with Gasteiger partial charge in [-0.3, -0.25) is 9.59 Å². The van der Waals surface area contributed by atoms with Gasteiger partial charge in [-0.05, 0) is 36.8 Å². The summed E-state index contributed by atoms with van der Waals surface area (Å²) < 4.78 is 11.6.